The number of amides is 1. The van der Waals surface area contributed by atoms with Crippen LogP contribution < -0.4 is 10.8 Å². The Kier molecular flexibility index (Phi) is 4.44. The van der Waals surface area contributed by atoms with Crippen molar-refractivity contribution in [2.45, 2.75) is 83.6 Å². The fourth-order valence-corrected chi connectivity index (χ4v) is 3.07. The topological polar surface area (TPSA) is 56.8 Å². The third kappa shape index (κ3) is 3.76. The molecule has 1 aromatic rings. The lowest BCUT2D eigenvalue weighted by Gasteiger charge is -2.32. The summed E-state index contributed by atoms with van der Waals surface area (Å²) >= 11 is 0. The minimum atomic E-state index is -0.509. The van der Waals surface area contributed by atoms with Crippen LogP contribution in [-0.4, -0.2) is 30.0 Å². The fourth-order valence-electron chi connectivity index (χ4n) is 3.07. The fraction of sp³-hybridized carbons (Fsp3) is 0.650. The maximum absolute atomic E-state index is 12.2. The van der Waals surface area contributed by atoms with Crippen LogP contribution in [0.5, 0.6) is 0 Å². The Hall–Kier alpha value is -1.53. The maximum Gasteiger partial charge on any atom is 0.494 e. The molecule has 2 fully saturated rings. The predicted molar refractivity (Wildman–Crippen MR) is 102 cm³/mol. The lowest BCUT2D eigenvalue weighted by Crippen LogP contribution is -2.41. The molecule has 26 heavy (non-hydrogen) atoms. The van der Waals surface area contributed by atoms with Crippen molar-refractivity contribution >= 4 is 18.7 Å². The van der Waals surface area contributed by atoms with Crippen molar-refractivity contribution < 1.29 is 18.8 Å². The van der Waals surface area contributed by atoms with Crippen LogP contribution in [0.4, 0.5) is 4.79 Å². The van der Waals surface area contributed by atoms with Crippen molar-refractivity contribution in [2.75, 3.05) is 0 Å². The molecular formula is C20H30BNO4. The zero-order chi connectivity index (χ0) is 19.4. The Morgan fingerprint density at radius 1 is 1.12 bits per heavy atom. The third-order valence-corrected chi connectivity index (χ3v) is 5.45. The number of hydrogen-bond donors (Lipinski definition) is 1. The molecule has 1 aromatic carbocycles. The van der Waals surface area contributed by atoms with Crippen molar-refractivity contribution in [1.82, 2.24) is 5.32 Å². The molecule has 1 heterocycles. The summed E-state index contributed by atoms with van der Waals surface area (Å²) < 4.78 is 17.7. The first kappa shape index (κ1) is 19.2. The SMILES string of the molecule is CC(C)(C)OC(=O)NC1(c2cccc(B3OC(C)(C)C(C)(C)O3)c2)CC1. The molecule has 0 bridgehead atoms. The summed E-state index contributed by atoms with van der Waals surface area (Å²) in [5.41, 5.74) is 0.431. The molecule has 3 rings (SSSR count). The summed E-state index contributed by atoms with van der Waals surface area (Å²) in [6.45, 7) is 13.8. The van der Waals surface area contributed by atoms with Crippen LogP contribution in [0, 0.1) is 0 Å². The van der Waals surface area contributed by atoms with E-state index in [1.165, 1.54) is 0 Å². The van der Waals surface area contributed by atoms with E-state index in [1.807, 2.05) is 66.7 Å². The zero-order valence-electron chi connectivity index (χ0n) is 16.9. The Labute approximate surface area is 156 Å². The molecule has 0 radical (unpaired) electrons. The first-order chi connectivity index (χ1) is 11.8. The molecule has 2 aliphatic rings. The monoisotopic (exact) mass is 359 g/mol. The second kappa shape index (κ2) is 5.99. The number of alkyl carbamates (subject to hydrolysis) is 1. The second-order valence-corrected chi connectivity index (χ2v) is 9.42. The lowest BCUT2D eigenvalue weighted by molar-refractivity contribution is 0.00578. The van der Waals surface area contributed by atoms with E-state index in [2.05, 4.69) is 11.4 Å². The number of benzene rings is 1. The van der Waals surface area contributed by atoms with Gasteiger partial charge >= 0.3 is 13.2 Å². The number of rotatable bonds is 3. The molecular weight excluding hydrogens is 329 g/mol. The van der Waals surface area contributed by atoms with Crippen LogP contribution in [0.3, 0.4) is 0 Å². The minimum absolute atomic E-state index is 0.345. The minimum Gasteiger partial charge on any atom is -0.444 e. The van der Waals surface area contributed by atoms with E-state index in [0.29, 0.717) is 0 Å². The number of hydrogen-bond acceptors (Lipinski definition) is 4. The van der Waals surface area contributed by atoms with E-state index in [4.69, 9.17) is 14.0 Å². The van der Waals surface area contributed by atoms with Crippen molar-refractivity contribution in [2.24, 2.45) is 0 Å². The summed E-state index contributed by atoms with van der Waals surface area (Å²) in [6, 6.07) is 8.12. The van der Waals surface area contributed by atoms with Crippen LogP contribution in [0.2, 0.25) is 0 Å². The van der Waals surface area contributed by atoms with Crippen LogP contribution in [0.1, 0.15) is 66.9 Å². The van der Waals surface area contributed by atoms with Crippen LogP contribution in [0.25, 0.3) is 0 Å². The lowest BCUT2D eigenvalue weighted by atomic mass is 9.77. The van der Waals surface area contributed by atoms with Crippen molar-refractivity contribution in [3.05, 3.63) is 29.8 Å². The summed E-state index contributed by atoms with van der Waals surface area (Å²) in [4.78, 5) is 12.2. The summed E-state index contributed by atoms with van der Waals surface area (Å²) in [5.74, 6) is 0. The Morgan fingerprint density at radius 2 is 1.69 bits per heavy atom. The maximum atomic E-state index is 12.2. The normalized spacial score (nSPS) is 22.8. The van der Waals surface area contributed by atoms with Crippen LogP contribution in [0.15, 0.2) is 24.3 Å². The highest BCUT2D eigenvalue weighted by molar-refractivity contribution is 6.62. The van der Waals surface area contributed by atoms with E-state index in [1.54, 1.807) is 0 Å². The van der Waals surface area contributed by atoms with Crippen molar-refractivity contribution in [1.29, 1.82) is 0 Å². The summed E-state index contributed by atoms with van der Waals surface area (Å²) in [5, 5.41) is 3.05. The van der Waals surface area contributed by atoms with Gasteiger partial charge in [0.05, 0.1) is 16.7 Å². The first-order valence-electron chi connectivity index (χ1n) is 9.31. The second-order valence-electron chi connectivity index (χ2n) is 9.42. The van der Waals surface area contributed by atoms with Gasteiger partial charge < -0.3 is 19.4 Å². The van der Waals surface area contributed by atoms with E-state index in [9.17, 15) is 4.79 Å². The highest BCUT2D eigenvalue weighted by Crippen LogP contribution is 2.45. The van der Waals surface area contributed by atoms with E-state index >= 15 is 0 Å². The van der Waals surface area contributed by atoms with Gasteiger partial charge in [-0.2, -0.15) is 0 Å². The molecule has 5 nitrogen and oxygen atoms in total. The van der Waals surface area contributed by atoms with Gasteiger partial charge in [0.25, 0.3) is 0 Å². The third-order valence-electron chi connectivity index (χ3n) is 5.45. The Bertz CT molecular complexity index is 688. The molecule has 0 aromatic heterocycles. The van der Waals surface area contributed by atoms with E-state index < -0.39 is 12.7 Å². The molecule has 1 aliphatic carbocycles. The number of ether oxygens (including phenoxy) is 1. The van der Waals surface area contributed by atoms with E-state index in [0.717, 1.165) is 23.9 Å². The molecule has 1 N–H and O–H groups in total. The van der Waals surface area contributed by atoms with Gasteiger partial charge in [-0.1, -0.05) is 24.3 Å². The molecule has 142 valence electrons. The summed E-state index contributed by atoms with van der Waals surface area (Å²) in [6.07, 6.45) is 1.43. The average Bonchev–Trinajstić information content (AvgIpc) is 3.20. The van der Waals surface area contributed by atoms with E-state index in [-0.39, 0.29) is 22.8 Å². The molecule has 6 heteroatoms. The molecule has 1 saturated heterocycles. The standard InChI is InChI=1S/C20H30BNO4/c1-17(2,3)24-16(23)22-20(11-12-20)14-9-8-10-15(13-14)21-25-18(4,5)19(6,7)26-21/h8-10,13H,11-12H2,1-7H3,(H,22,23). The van der Waals surface area contributed by atoms with Gasteiger partial charge in [-0.15, -0.1) is 0 Å². The molecule has 1 amide bonds. The van der Waals surface area contributed by atoms with Gasteiger partial charge in [0.15, 0.2) is 0 Å². The smallest absolute Gasteiger partial charge is 0.444 e. The van der Waals surface area contributed by atoms with Gasteiger partial charge in [0, 0.05) is 0 Å². The Morgan fingerprint density at radius 3 is 2.19 bits per heavy atom. The number of carbonyl (C=O) groups excluding carboxylic acids is 1. The molecule has 0 unspecified atom stereocenters. The highest BCUT2D eigenvalue weighted by atomic mass is 16.7. The van der Waals surface area contributed by atoms with Crippen LogP contribution >= 0.6 is 0 Å². The molecule has 1 saturated carbocycles. The number of nitrogens with one attached hydrogen (secondary N) is 1. The predicted octanol–water partition coefficient (Wildman–Crippen LogP) is 3.50. The zero-order valence-corrected chi connectivity index (χ0v) is 16.9. The highest BCUT2D eigenvalue weighted by Gasteiger charge is 2.52. The molecule has 0 spiro atoms. The summed E-state index contributed by atoms with van der Waals surface area (Å²) in [7, 11) is -0.405. The van der Waals surface area contributed by atoms with Gasteiger partial charge in [0.1, 0.15) is 5.60 Å². The largest absolute Gasteiger partial charge is 0.494 e. The first-order valence-corrected chi connectivity index (χ1v) is 9.31. The molecule has 0 atom stereocenters. The molecule has 1 aliphatic heterocycles. The van der Waals surface area contributed by atoms with Gasteiger partial charge in [-0.3, -0.25) is 0 Å². The average molecular weight is 359 g/mol. The van der Waals surface area contributed by atoms with Gasteiger partial charge in [-0.05, 0) is 72.3 Å². The number of carbonyl (C=O) groups is 1. The quantitative estimate of drug-likeness (QED) is 0.840. The van der Waals surface area contributed by atoms with Gasteiger partial charge in [-0.25, -0.2) is 4.79 Å². The Balaban J connectivity index is 1.77. The van der Waals surface area contributed by atoms with Crippen molar-refractivity contribution in [3.63, 3.8) is 0 Å². The van der Waals surface area contributed by atoms with Gasteiger partial charge in [0.2, 0.25) is 0 Å². The van der Waals surface area contributed by atoms with Crippen molar-refractivity contribution in [3.8, 4) is 0 Å². The van der Waals surface area contributed by atoms with Crippen LogP contribution in [-0.2, 0) is 19.6 Å².